The van der Waals surface area contributed by atoms with Crippen LogP contribution in [0, 0.1) is 5.41 Å². The van der Waals surface area contributed by atoms with Crippen LogP contribution in [0.3, 0.4) is 0 Å². The Morgan fingerprint density at radius 2 is 1.73 bits per heavy atom. The van der Waals surface area contributed by atoms with Crippen molar-refractivity contribution in [2.24, 2.45) is 5.41 Å². The monoisotopic (exact) mass is 160 g/mol. The average Bonchev–Trinajstić information content (AvgIpc) is 2.09. The first-order valence-corrected chi connectivity index (χ1v) is 3.55. The molecule has 1 aliphatic rings. The van der Waals surface area contributed by atoms with Gasteiger partial charge in [-0.1, -0.05) is 0 Å². The summed E-state index contributed by atoms with van der Waals surface area (Å²) >= 11 is 0. The minimum absolute atomic E-state index is 0.142. The normalized spacial score (nSPS) is 44.3. The van der Waals surface area contributed by atoms with E-state index in [1.807, 2.05) is 0 Å². The van der Waals surface area contributed by atoms with Crippen LogP contribution in [-0.4, -0.2) is 33.5 Å². The van der Waals surface area contributed by atoms with E-state index in [-0.39, 0.29) is 12.8 Å². The molecule has 0 amide bonds. The van der Waals surface area contributed by atoms with Crippen LogP contribution >= 0.6 is 0 Å². The van der Waals surface area contributed by atoms with Gasteiger partial charge in [0.2, 0.25) is 0 Å². The Hall–Kier alpha value is -0.610. The molecule has 1 saturated carbocycles. The molecule has 4 heteroatoms. The highest BCUT2D eigenvalue weighted by Crippen LogP contribution is 2.37. The maximum Gasteiger partial charge on any atom is 0.309 e. The van der Waals surface area contributed by atoms with Gasteiger partial charge in [0.05, 0.1) is 17.6 Å². The Morgan fingerprint density at radius 3 is 1.91 bits per heavy atom. The number of aliphatic hydroxyl groups is 2. The smallest absolute Gasteiger partial charge is 0.309 e. The van der Waals surface area contributed by atoms with Crippen molar-refractivity contribution in [3.63, 3.8) is 0 Å². The van der Waals surface area contributed by atoms with Gasteiger partial charge in [0.25, 0.3) is 0 Å². The molecule has 1 unspecified atom stereocenters. The van der Waals surface area contributed by atoms with Gasteiger partial charge in [-0.25, -0.2) is 0 Å². The largest absolute Gasteiger partial charge is 0.481 e. The first kappa shape index (κ1) is 8.49. The highest BCUT2D eigenvalue weighted by Gasteiger charge is 2.45. The number of rotatable bonds is 1. The molecule has 0 aromatic heterocycles. The number of hydrogen-bond acceptors (Lipinski definition) is 3. The van der Waals surface area contributed by atoms with Gasteiger partial charge in [-0.05, 0) is 19.8 Å². The van der Waals surface area contributed by atoms with Crippen LogP contribution in [0.1, 0.15) is 19.8 Å². The number of carboxylic acid groups (broad SMARTS) is 1. The molecule has 0 bridgehead atoms. The fourth-order valence-electron chi connectivity index (χ4n) is 1.45. The molecule has 1 rings (SSSR count). The van der Waals surface area contributed by atoms with E-state index in [4.69, 9.17) is 15.3 Å². The molecule has 0 aromatic carbocycles. The quantitative estimate of drug-likeness (QED) is 0.487. The van der Waals surface area contributed by atoms with Crippen LogP contribution in [0.25, 0.3) is 0 Å². The molecule has 1 aliphatic carbocycles. The van der Waals surface area contributed by atoms with Crippen LogP contribution in [-0.2, 0) is 4.79 Å². The van der Waals surface area contributed by atoms with E-state index >= 15 is 0 Å². The molecule has 0 heterocycles. The third-order valence-electron chi connectivity index (χ3n) is 2.28. The summed E-state index contributed by atoms with van der Waals surface area (Å²) in [6.45, 7) is 1.54. The Morgan fingerprint density at radius 1 is 1.36 bits per heavy atom. The standard InChI is InChI=1S/C7H12O4/c1-7(6(10)11)2-4(8)5(9)3-7/h4-5,8-9H,2-3H2,1H3,(H,10,11)/t4-,5+,7?. The van der Waals surface area contributed by atoms with Crippen molar-refractivity contribution in [2.75, 3.05) is 0 Å². The van der Waals surface area contributed by atoms with Crippen LogP contribution < -0.4 is 0 Å². The molecular formula is C7H12O4. The highest BCUT2D eigenvalue weighted by atomic mass is 16.4. The Bertz CT molecular complexity index is 167. The second-order valence-electron chi connectivity index (χ2n) is 3.41. The van der Waals surface area contributed by atoms with E-state index in [0.29, 0.717) is 0 Å². The molecule has 4 nitrogen and oxygen atoms in total. The third kappa shape index (κ3) is 1.36. The van der Waals surface area contributed by atoms with E-state index in [0.717, 1.165) is 0 Å². The molecule has 3 N–H and O–H groups in total. The highest BCUT2D eigenvalue weighted by molar-refractivity contribution is 5.74. The zero-order chi connectivity index (χ0) is 8.65. The molecule has 64 valence electrons. The summed E-state index contributed by atoms with van der Waals surface area (Å²) < 4.78 is 0. The predicted octanol–water partition coefficient (Wildman–Crippen LogP) is -0.407. The number of aliphatic carboxylic acids is 1. The number of carboxylic acids is 1. The molecule has 1 fully saturated rings. The lowest BCUT2D eigenvalue weighted by atomic mass is 9.89. The fourth-order valence-corrected chi connectivity index (χ4v) is 1.45. The number of hydrogen-bond donors (Lipinski definition) is 3. The second kappa shape index (κ2) is 2.46. The maximum absolute atomic E-state index is 10.6. The Balaban J connectivity index is 2.71. The SMILES string of the molecule is CC1(C(=O)O)C[C@@H](O)[C@@H](O)C1. The van der Waals surface area contributed by atoms with Gasteiger partial charge in [0.1, 0.15) is 0 Å². The van der Waals surface area contributed by atoms with Gasteiger partial charge in [-0.3, -0.25) is 4.79 Å². The lowest BCUT2D eigenvalue weighted by Crippen LogP contribution is -2.24. The second-order valence-corrected chi connectivity index (χ2v) is 3.41. The van der Waals surface area contributed by atoms with Gasteiger partial charge in [0.15, 0.2) is 0 Å². The van der Waals surface area contributed by atoms with E-state index in [1.165, 1.54) is 6.92 Å². The van der Waals surface area contributed by atoms with E-state index in [9.17, 15) is 4.79 Å². The summed E-state index contributed by atoms with van der Waals surface area (Å²) in [6, 6.07) is 0. The first-order chi connectivity index (χ1) is 4.96. The summed E-state index contributed by atoms with van der Waals surface area (Å²) in [5.41, 5.74) is -0.946. The molecule has 11 heavy (non-hydrogen) atoms. The van der Waals surface area contributed by atoms with E-state index in [1.54, 1.807) is 0 Å². The van der Waals surface area contributed by atoms with E-state index < -0.39 is 23.6 Å². The Labute approximate surface area is 64.5 Å². The zero-order valence-electron chi connectivity index (χ0n) is 6.32. The van der Waals surface area contributed by atoms with Crippen LogP contribution in [0.2, 0.25) is 0 Å². The third-order valence-corrected chi connectivity index (χ3v) is 2.28. The Kier molecular flexibility index (Phi) is 1.90. The summed E-state index contributed by atoms with van der Waals surface area (Å²) in [7, 11) is 0. The van der Waals surface area contributed by atoms with E-state index in [2.05, 4.69) is 0 Å². The van der Waals surface area contributed by atoms with Crippen LogP contribution in [0.4, 0.5) is 0 Å². The molecule has 0 spiro atoms. The van der Waals surface area contributed by atoms with Crippen molar-refractivity contribution in [3.05, 3.63) is 0 Å². The van der Waals surface area contributed by atoms with Gasteiger partial charge in [0, 0.05) is 0 Å². The molecular weight excluding hydrogens is 148 g/mol. The molecule has 0 aromatic rings. The van der Waals surface area contributed by atoms with Crippen molar-refractivity contribution in [1.82, 2.24) is 0 Å². The minimum Gasteiger partial charge on any atom is -0.481 e. The van der Waals surface area contributed by atoms with Gasteiger partial charge < -0.3 is 15.3 Å². The average molecular weight is 160 g/mol. The van der Waals surface area contributed by atoms with Crippen molar-refractivity contribution in [2.45, 2.75) is 32.0 Å². The van der Waals surface area contributed by atoms with Crippen LogP contribution in [0.5, 0.6) is 0 Å². The van der Waals surface area contributed by atoms with Crippen molar-refractivity contribution < 1.29 is 20.1 Å². The number of aliphatic hydroxyl groups excluding tert-OH is 2. The van der Waals surface area contributed by atoms with Gasteiger partial charge in [-0.2, -0.15) is 0 Å². The van der Waals surface area contributed by atoms with Crippen molar-refractivity contribution in [3.8, 4) is 0 Å². The molecule has 0 radical (unpaired) electrons. The molecule has 0 saturated heterocycles. The summed E-state index contributed by atoms with van der Waals surface area (Å²) in [4.78, 5) is 10.6. The van der Waals surface area contributed by atoms with Crippen molar-refractivity contribution >= 4 is 5.97 Å². The minimum atomic E-state index is -0.951. The molecule has 0 aliphatic heterocycles. The lowest BCUT2D eigenvalue weighted by molar-refractivity contribution is -0.148. The topological polar surface area (TPSA) is 77.8 Å². The summed E-state index contributed by atoms with van der Waals surface area (Å²) in [6.07, 6.45) is -1.47. The van der Waals surface area contributed by atoms with Gasteiger partial charge >= 0.3 is 5.97 Å². The fraction of sp³-hybridized carbons (Fsp3) is 0.857. The van der Waals surface area contributed by atoms with Crippen molar-refractivity contribution in [1.29, 1.82) is 0 Å². The summed E-state index contributed by atoms with van der Waals surface area (Å²) in [5, 5.41) is 26.8. The van der Waals surface area contributed by atoms with Gasteiger partial charge in [-0.15, -0.1) is 0 Å². The zero-order valence-corrected chi connectivity index (χ0v) is 6.32. The molecule has 3 atom stereocenters. The first-order valence-electron chi connectivity index (χ1n) is 3.55. The predicted molar refractivity (Wildman–Crippen MR) is 37.0 cm³/mol. The van der Waals surface area contributed by atoms with Crippen LogP contribution in [0.15, 0.2) is 0 Å². The lowest BCUT2D eigenvalue weighted by Gasteiger charge is -2.15. The maximum atomic E-state index is 10.6. The number of carbonyl (C=O) groups is 1. The summed E-state index contributed by atoms with van der Waals surface area (Å²) in [5.74, 6) is -0.951.